The van der Waals surface area contributed by atoms with Crippen molar-refractivity contribution < 1.29 is 9.90 Å². The van der Waals surface area contributed by atoms with Crippen molar-refractivity contribution in [1.29, 1.82) is 0 Å². The Morgan fingerprint density at radius 2 is 2.05 bits per heavy atom. The number of benzene rings is 1. The Hall–Kier alpha value is -1.31. The van der Waals surface area contributed by atoms with Crippen LogP contribution in [0.25, 0.3) is 0 Å². The predicted octanol–water partition coefficient (Wildman–Crippen LogP) is 4.07. The second-order valence-corrected chi connectivity index (χ2v) is 6.99. The SMILES string of the molecule is C[C@@]1(CC(=O)O)CCCC1C1CCc2ccccc2C1. The Morgan fingerprint density at radius 1 is 1.30 bits per heavy atom. The van der Waals surface area contributed by atoms with Crippen LogP contribution in [0.5, 0.6) is 0 Å². The number of aryl methyl sites for hydroxylation is 1. The van der Waals surface area contributed by atoms with E-state index in [-0.39, 0.29) is 5.41 Å². The third-order valence-corrected chi connectivity index (χ3v) is 5.67. The molecule has 0 bridgehead atoms. The maximum atomic E-state index is 11.2. The van der Waals surface area contributed by atoms with Gasteiger partial charge in [0, 0.05) is 0 Å². The van der Waals surface area contributed by atoms with E-state index in [9.17, 15) is 9.90 Å². The zero-order chi connectivity index (χ0) is 14.2. The van der Waals surface area contributed by atoms with Gasteiger partial charge in [0.15, 0.2) is 0 Å². The molecule has 0 aliphatic heterocycles. The topological polar surface area (TPSA) is 37.3 Å². The highest BCUT2D eigenvalue weighted by atomic mass is 16.4. The van der Waals surface area contributed by atoms with E-state index in [4.69, 9.17) is 0 Å². The quantitative estimate of drug-likeness (QED) is 0.900. The van der Waals surface area contributed by atoms with E-state index in [2.05, 4.69) is 31.2 Å². The van der Waals surface area contributed by atoms with Crippen molar-refractivity contribution in [1.82, 2.24) is 0 Å². The number of fused-ring (bicyclic) bond motifs is 1. The van der Waals surface area contributed by atoms with Crippen LogP contribution in [0.1, 0.15) is 50.2 Å². The molecule has 1 saturated carbocycles. The van der Waals surface area contributed by atoms with E-state index in [0.717, 1.165) is 12.8 Å². The van der Waals surface area contributed by atoms with E-state index in [1.165, 1.54) is 36.8 Å². The van der Waals surface area contributed by atoms with E-state index in [1.54, 1.807) is 0 Å². The third-order valence-electron chi connectivity index (χ3n) is 5.67. The van der Waals surface area contributed by atoms with Crippen molar-refractivity contribution in [3.63, 3.8) is 0 Å². The van der Waals surface area contributed by atoms with Crippen LogP contribution in [0.2, 0.25) is 0 Å². The lowest BCUT2D eigenvalue weighted by Crippen LogP contribution is -2.33. The van der Waals surface area contributed by atoms with Crippen molar-refractivity contribution in [2.75, 3.05) is 0 Å². The molecule has 108 valence electrons. The van der Waals surface area contributed by atoms with Gasteiger partial charge in [-0.2, -0.15) is 0 Å². The van der Waals surface area contributed by atoms with Gasteiger partial charge in [0.05, 0.1) is 6.42 Å². The molecule has 0 saturated heterocycles. The van der Waals surface area contributed by atoms with Gasteiger partial charge in [-0.15, -0.1) is 0 Å². The zero-order valence-electron chi connectivity index (χ0n) is 12.3. The Balaban J connectivity index is 1.78. The molecule has 1 N–H and O–H groups in total. The average Bonchev–Trinajstić information content (AvgIpc) is 2.78. The van der Waals surface area contributed by atoms with Gasteiger partial charge in [0.25, 0.3) is 0 Å². The average molecular weight is 272 g/mol. The molecule has 0 amide bonds. The molecule has 2 heteroatoms. The van der Waals surface area contributed by atoms with E-state index < -0.39 is 5.97 Å². The lowest BCUT2D eigenvalue weighted by atomic mass is 9.66. The van der Waals surface area contributed by atoms with Crippen LogP contribution in [-0.2, 0) is 17.6 Å². The minimum atomic E-state index is -0.629. The molecule has 1 aromatic rings. The Kier molecular flexibility index (Phi) is 3.57. The standard InChI is InChI=1S/C18H24O2/c1-18(12-17(19)20)10-4-7-16(18)15-9-8-13-5-2-3-6-14(13)11-15/h2-3,5-6,15-16H,4,7-12H2,1H3,(H,19,20)/t15?,16?,18-/m0/s1. The first-order chi connectivity index (χ1) is 9.58. The number of hydrogen-bond acceptors (Lipinski definition) is 1. The number of carbonyl (C=O) groups is 1. The summed E-state index contributed by atoms with van der Waals surface area (Å²) in [5.41, 5.74) is 3.01. The normalized spacial score (nSPS) is 32.9. The van der Waals surface area contributed by atoms with Gasteiger partial charge in [0.1, 0.15) is 0 Å². The summed E-state index contributed by atoms with van der Waals surface area (Å²) in [6.45, 7) is 2.21. The van der Waals surface area contributed by atoms with Crippen LogP contribution in [0, 0.1) is 17.3 Å². The van der Waals surface area contributed by atoms with Crippen LogP contribution in [-0.4, -0.2) is 11.1 Å². The molecule has 3 atom stereocenters. The van der Waals surface area contributed by atoms with Gasteiger partial charge in [-0.1, -0.05) is 37.6 Å². The molecule has 2 aliphatic rings. The van der Waals surface area contributed by atoms with Gasteiger partial charge < -0.3 is 5.11 Å². The summed E-state index contributed by atoms with van der Waals surface area (Å²) in [5.74, 6) is 0.638. The van der Waals surface area contributed by atoms with E-state index >= 15 is 0 Å². The monoisotopic (exact) mass is 272 g/mol. The minimum Gasteiger partial charge on any atom is -0.481 e. The molecular weight excluding hydrogens is 248 g/mol. The van der Waals surface area contributed by atoms with Gasteiger partial charge in [-0.05, 0) is 60.5 Å². The molecule has 1 fully saturated rings. The van der Waals surface area contributed by atoms with Crippen LogP contribution in [0.15, 0.2) is 24.3 Å². The van der Waals surface area contributed by atoms with Crippen LogP contribution < -0.4 is 0 Å². The molecular formula is C18H24O2. The Labute approximate surface area is 121 Å². The predicted molar refractivity (Wildman–Crippen MR) is 79.7 cm³/mol. The van der Waals surface area contributed by atoms with Gasteiger partial charge in [-0.25, -0.2) is 0 Å². The Bertz CT molecular complexity index is 508. The summed E-state index contributed by atoms with van der Waals surface area (Å²) in [5, 5.41) is 9.21. The molecule has 0 radical (unpaired) electrons. The molecule has 3 rings (SSSR count). The highest BCUT2D eigenvalue weighted by Gasteiger charge is 2.44. The molecule has 0 spiro atoms. The van der Waals surface area contributed by atoms with Crippen molar-refractivity contribution in [3.05, 3.63) is 35.4 Å². The Morgan fingerprint density at radius 3 is 2.80 bits per heavy atom. The zero-order valence-corrected chi connectivity index (χ0v) is 12.3. The molecule has 0 aromatic heterocycles. The summed E-state index contributed by atoms with van der Waals surface area (Å²) >= 11 is 0. The fourth-order valence-electron chi connectivity index (χ4n) is 4.70. The lowest BCUT2D eigenvalue weighted by molar-refractivity contribution is -0.140. The number of rotatable bonds is 3. The fraction of sp³-hybridized carbons (Fsp3) is 0.611. The summed E-state index contributed by atoms with van der Waals surface area (Å²) < 4.78 is 0. The lowest BCUT2D eigenvalue weighted by Gasteiger charge is -2.38. The number of carboxylic acids is 1. The van der Waals surface area contributed by atoms with Crippen LogP contribution in [0.4, 0.5) is 0 Å². The first-order valence-electron chi connectivity index (χ1n) is 7.87. The largest absolute Gasteiger partial charge is 0.481 e. The number of carboxylic acid groups (broad SMARTS) is 1. The maximum absolute atomic E-state index is 11.2. The van der Waals surface area contributed by atoms with Crippen molar-refractivity contribution in [3.8, 4) is 0 Å². The number of aliphatic carboxylic acids is 1. The third kappa shape index (κ3) is 2.48. The smallest absolute Gasteiger partial charge is 0.303 e. The van der Waals surface area contributed by atoms with Crippen molar-refractivity contribution >= 4 is 5.97 Å². The second-order valence-electron chi connectivity index (χ2n) is 6.99. The molecule has 0 heterocycles. The van der Waals surface area contributed by atoms with Crippen molar-refractivity contribution in [2.45, 2.75) is 51.9 Å². The highest BCUT2D eigenvalue weighted by Crippen LogP contribution is 2.51. The summed E-state index contributed by atoms with van der Waals surface area (Å²) in [4.78, 5) is 11.2. The number of hydrogen-bond donors (Lipinski definition) is 1. The van der Waals surface area contributed by atoms with Crippen molar-refractivity contribution in [2.24, 2.45) is 17.3 Å². The minimum absolute atomic E-state index is 0.0167. The fourth-order valence-corrected chi connectivity index (χ4v) is 4.70. The molecule has 2 nitrogen and oxygen atoms in total. The van der Waals surface area contributed by atoms with Crippen LogP contribution >= 0.6 is 0 Å². The summed E-state index contributed by atoms with van der Waals surface area (Å²) in [7, 11) is 0. The van der Waals surface area contributed by atoms with E-state index in [0.29, 0.717) is 18.3 Å². The van der Waals surface area contributed by atoms with Crippen LogP contribution in [0.3, 0.4) is 0 Å². The van der Waals surface area contributed by atoms with Gasteiger partial charge in [0.2, 0.25) is 0 Å². The molecule has 2 unspecified atom stereocenters. The van der Waals surface area contributed by atoms with Gasteiger partial charge >= 0.3 is 5.97 Å². The first-order valence-corrected chi connectivity index (χ1v) is 7.87. The molecule has 20 heavy (non-hydrogen) atoms. The molecule has 1 aromatic carbocycles. The second kappa shape index (κ2) is 5.23. The highest BCUT2D eigenvalue weighted by molar-refractivity contribution is 5.67. The van der Waals surface area contributed by atoms with E-state index in [1.807, 2.05) is 0 Å². The van der Waals surface area contributed by atoms with Gasteiger partial charge in [-0.3, -0.25) is 4.79 Å². The summed E-state index contributed by atoms with van der Waals surface area (Å²) in [6, 6.07) is 8.76. The maximum Gasteiger partial charge on any atom is 0.303 e. The summed E-state index contributed by atoms with van der Waals surface area (Å²) in [6.07, 6.45) is 7.40. The first kappa shape index (κ1) is 13.7. The molecule has 2 aliphatic carbocycles.